The second-order valence-corrected chi connectivity index (χ2v) is 11.2. The summed E-state index contributed by atoms with van der Waals surface area (Å²) in [5, 5.41) is 2.55. The Labute approximate surface area is 234 Å². The number of nitrogens with zero attached hydrogens (tertiary/aromatic N) is 3. The van der Waals surface area contributed by atoms with Crippen LogP contribution in [0.4, 0.5) is 18.9 Å². The van der Waals surface area contributed by atoms with Crippen molar-refractivity contribution in [3.8, 4) is 22.3 Å². The van der Waals surface area contributed by atoms with Gasteiger partial charge in [-0.3, -0.25) is 9.52 Å². The number of halogens is 4. The van der Waals surface area contributed by atoms with Gasteiger partial charge in [-0.05, 0) is 51.3 Å². The first kappa shape index (κ1) is 27.6. The lowest BCUT2D eigenvalue weighted by Crippen LogP contribution is -2.30. The van der Waals surface area contributed by atoms with Gasteiger partial charge in [-0.25, -0.2) is 9.97 Å². The maximum absolute atomic E-state index is 13.3. The van der Waals surface area contributed by atoms with Gasteiger partial charge in [-0.1, -0.05) is 25.1 Å². The molecule has 2 aromatic heterocycles. The molecule has 0 saturated heterocycles. The van der Waals surface area contributed by atoms with Crippen molar-refractivity contribution in [2.75, 3.05) is 11.8 Å². The highest BCUT2D eigenvalue weighted by Gasteiger charge is 2.46. The van der Waals surface area contributed by atoms with Gasteiger partial charge in [0, 0.05) is 34.6 Å². The molecule has 3 heterocycles. The Balaban J connectivity index is 1.74. The summed E-state index contributed by atoms with van der Waals surface area (Å²) in [6.07, 6.45) is 3.48. The van der Waals surface area contributed by atoms with Gasteiger partial charge >= 0.3 is 15.5 Å². The molecule has 208 valence electrons. The lowest BCUT2D eigenvalue weighted by molar-refractivity contribution is -0.0429. The fourth-order valence-corrected chi connectivity index (χ4v) is 5.88. The van der Waals surface area contributed by atoms with E-state index >= 15 is 0 Å². The quantitative estimate of drug-likeness (QED) is 0.234. The molecule has 2 aliphatic rings. The zero-order chi connectivity index (χ0) is 28.8. The van der Waals surface area contributed by atoms with Crippen LogP contribution in [0.15, 0.2) is 63.9 Å². The number of hydrogen-bond acceptors (Lipinski definition) is 6. The number of aromatic nitrogens is 3. The highest BCUT2D eigenvalue weighted by molar-refractivity contribution is 9.10. The number of imidazole rings is 1. The SMILES string of the molecule is CCc1nc2ccc(C(=O)NC)nc2n1Cc1c2ccocc-2c(Br)c1-c1ccccc1NS(=O)(=O)C(F)(F)F. The summed E-state index contributed by atoms with van der Waals surface area (Å²) in [5.41, 5.74) is -1.88. The summed E-state index contributed by atoms with van der Waals surface area (Å²) in [4.78, 5) is 21.5. The van der Waals surface area contributed by atoms with E-state index in [2.05, 4.69) is 31.2 Å². The third-order valence-electron chi connectivity index (χ3n) is 6.38. The van der Waals surface area contributed by atoms with Gasteiger partial charge in [0.1, 0.15) is 17.0 Å². The average molecular weight is 636 g/mol. The van der Waals surface area contributed by atoms with Gasteiger partial charge in [0.2, 0.25) is 0 Å². The molecule has 2 N–H and O–H groups in total. The van der Waals surface area contributed by atoms with E-state index in [0.717, 1.165) is 0 Å². The number of fused-ring (bicyclic) bond motifs is 2. The number of hydrogen-bond donors (Lipinski definition) is 2. The van der Waals surface area contributed by atoms with Crippen LogP contribution in [0.2, 0.25) is 0 Å². The molecule has 0 atom stereocenters. The molecular weight excluding hydrogens is 615 g/mol. The minimum atomic E-state index is -5.69. The third-order valence-corrected chi connectivity index (χ3v) is 8.30. The topological polar surface area (TPSA) is 119 Å². The number of nitrogens with one attached hydrogen (secondary N) is 2. The highest BCUT2D eigenvalue weighted by atomic mass is 79.9. The smallest absolute Gasteiger partial charge is 0.472 e. The lowest BCUT2D eigenvalue weighted by Gasteiger charge is -2.16. The fraction of sp³-hybridized carbons (Fsp3) is 0.192. The largest absolute Gasteiger partial charge is 0.516 e. The normalized spacial score (nSPS) is 12.2. The zero-order valence-electron chi connectivity index (χ0n) is 21.0. The Kier molecular flexibility index (Phi) is 7.08. The molecule has 9 nitrogen and oxygen atoms in total. The first-order valence-corrected chi connectivity index (χ1v) is 14.2. The van der Waals surface area contributed by atoms with Crippen molar-refractivity contribution in [2.45, 2.75) is 25.4 Å². The van der Waals surface area contributed by atoms with Crippen LogP contribution in [-0.2, 0) is 23.0 Å². The number of carbonyl (C=O) groups is 1. The average Bonchev–Trinajstić information content (AvgIpc) is 3.42. The van der Waals surface area contributed by atoms with Crippen LogP contribution in [-0.4, -0.2) is 41.4 Å². The van der Waals surface area contributed by atoms with Gasteiger partial charge in [0.25, 0.3) is 5.91 Å². The molecule has 0 fully saturated rings. The van der Waals surface area contributed by atoms with Crippen LogP contribution < -0.4 is 10.0 Å². The van der Waals surface area contributed by atoms with Gasteiger partial charge < -0.3 is 14.3 Å². The summed E-state index contributed by atoms with van der Waals surface area (Å²) in [5.74, 6) is 0.294. The van der Waals surface area contributed by atoms with Crippen molar-refractivity contribution in [3.63, 3.8) is 0 Å². The van der Waals surface area contributed by atoms with E-state index < -0.39 is 15.5 Å². The summed E-state index contributed by atoms with van der Waals surface area (Å²) in [7, 11) is -4.19. The molecule has 0 unspecified atom stereocenters. The Morgan fingerprint density at radius 3 is 2.52 bits per heavy atom. The first-order chi connectivity index (χ1) is 19.0. The van der Waals surface area contributed by atoms with E-state index in [4.69, 9.17) is 4.42 Å². The van der Waals surface area contributed by atoms with Crippen LogP contribution in [0.1, 0.15) is 28.8 Å². The monoisotopic (exact) mass is 635 g/mol. The highest BCUT2D eigenvalue weighted by Crippen LogP contribution is 2.48. The number of pyridine rings is 1. The third kappa shape index (κ3) is 4.70. The van der Waals surface area contributed by atoms with Crippen LogP contribution in [0, 0.1) is 0 Å². The second kappa shape index (κ2) is 10.2. The van der Waals surface area contributed by atoms with E-state index in [1.54, 1.807) is 29.0 Å². The van der Waals surface area contributed by atoms with E-state index in [0.29, 0.717) is 50.1 Å². The molecule has 0 bridgehead atoms. The summed E-state index contributed by atoms with van der Waals surface area (Å²) in [6, 6.07) is 10.8. The number of aryl methyl sites for hydroxylation is 1. The van der Waals surface area contributed by atoms with Crippen molar-refractivity contribution in [2.24, 2.45) is 0 Å². The van der Waals surface area contributed by atoms with Crippen molar-refractivity contribution >= 4 is 48.7 Å². The summed E-state index contributed by atoms with van der Waals surface area (Å²) < 4.78 is 73.2. The van der Waals surface area contributed by atoms with Crippen molar-refractivity contribution in [1.82, 2.24) is 19.9 Å². The number of carbonyl (C=O) groups excluding carboxylic acids is 1. The Morgan fingerprint density at radius 2 is 1.82 bits per heavy atom. The molecule has 0 saturated carbocycles. The molecule has 5 rings (SSSR count). The maximum Gasteiger partial charge on any atom is 0.516 e. The second-order valence-electron chi connectivity index (χ2n) is 8.73. The molecule has 40 heavy (non-hydrogen) atoms. The first-order valence-electron chi connectivity index (χ1n) is 11.9. The number of sulfonamides is 1. The predicted octanol–water partition coefficient (Wildman–Crippen LogP) is 5.79. The van der Waals surface area contributed by atoms with Crippen LogP contribution >= 0.6 is 15.9 Å². The Morgan fingerprint density at radius 1 is 1.07 bits per heavy atom. The molecule has 3 aromatic rings. The van der Waals surface area contributed by atoms with E-state index in [-0.39, 0.29) is 29.4 Å². The maximum atomic E-state index is 13.3. The molecule has 14 heteroatoms. The van der Waals surface area contributed by atoms with Crippen molar-refractivity contribution in [1.29, 1.82) is 0 Å². The summed E-state index contributed by atoms with van der Waals surface area (Å²) >= 11 is 3.57. The number of anilines is 1. The summed E-state index contributed by atoms with van der Waals surface area (Å²) in [6.45, 7) is 2.07. The van der Waals surface area contributed by atoms with Gasteiger partial charge in [-0.15, -0.1) is 0 Å². The lowest BCUT2D eigenvalue weighted by atomic mass is 10.0. The minimum Gasteiger partial charge on any atom is -0.472 e. The van der Waals surface area contributed by atoms with Crippen LogP contribution in [0.5, 0.6) is 0 Å². The molecular formula is C26H21BrF3N5O4S. The van der Waals surface area contributed by atoms with E-state index in [1.165, 1.54) is 37.8 Å². The van der Waals surface area contributed by atoms with Crippen molar-refractivity contribution in [3.05, 3.63) is 76.5 Å². The number of amides is 1. The molecule has 0 radical (unpaired) electrons. The number of para-hydroxylation sites is 1. The fourth-order valence-electron chi connectivity index (χ4n) is 4.54. The zero-order valence-corrected chi connectivity index (χ0v) is 23.4. The van der Waals surface area contributed by atoms with Crippen LogP contribution in [0.3, 0.4) is 0 Å². The molecule has 1 aliphatic carbocycles. The Hall–Kier alpha value is -3.91. The minimum absolute atomic E-state index is 0.158. The van der Waals surface area contributed by atoms with Gasteiger partial charge in [0.05, 0.1) is 24.8 Å². The molecule has 1 aromatic carbocycles. The Bertz CT molecular complexity index is 1830. The number of benzene rings is 1. The molecule has 0 spiro atoms. The molecule has 1 aliphatic heterocycles. The number of rotatable bonds is 7. The standard InChI is InChI=1S/C26H21BrF3N5O4S/c1-3-21-32-19-8-9-20(25(36)31-2)33-24(19)35(21)12-16-14-10-11-39-13-17(14)23(27)22(16)15-6-4-5-7-18(15)34-40(37,38)26(28,29)30/h4-11,13,34H,3,12H2,1-2H3,(H,31,36). The number of alkyl halides is 3. The van der Waals surface area contributed by atoms with Crippen molar-refractivity contribution < 1.29 is 30.8 Å². The molecule has 1 amide bonds. The predicted molar refractivity (Wildman–Crippen MR) is 146 cm³/mol. The van der Waals surface area contributed by atoms with Crippen LogP contribution in [0.25, 0.3) is 33.4 Å². The van der Waals surface area contributed by atoms with Gasteiger partial charge in [-0.2, -0.15) is 21.6 Å². The van der Waals surface area contributed by atoms with E-state index in [1.807, 2.05) is 11.5 Å². The van der Waals surface area contributed by atoms with Gasteiger partial charge in [0.15, 0.2) is 5.65 Å². The van der Waals surface area contributed by atoms with E-state index in [9.17, 15) is 26.4 Å².